The number of hydrogen-bond donors (Lipinski definition) is 2. The van der Waals surface area contributed by atoms with E-state index in [1.807, 2.05) is 18.3 Å². The van der Waals surface area contributed by atoms with Gasteiger partial charge in [0, 0.05) is 62.4 Å². The van der Waals surface area contributed by atoms with Crippen molar-refractivity contribution in [3.8, 4) is 0 Å². The van der Waals surface area contributed by atoms with E-state index in [4.69, 9.17) is 4.98 Å². The van der Waals surface area contributed by atoms with E-state index < -0.39 is 6.10 Å². The third-order valence-corrected chi connectivity index (χ3v) is 6.96. The molecule has 33 heavy (non-hydrogen) atoms. The molecule has 0 spiro atoms. The number of nitrogens with one attached hydrogen (secondary N) is 1. The molecule has 2 saturated heterocycles. The maximum absolute atomic E-state index is 12.7. The summed E-state index contributed by atoms with van der Waals surface area (Å²) in [5.41, 5.74) is 5.17. The number of rotatable bonds is 5. The Balaban J connectivity index is 1.12. The maximum Gasteiger partial charge on any atom is 0.253 e. The number of aliphatic hydroxyl groups excluding tert-OH is 1. The lowest BCUT2D eigenvalue weighted by Gasteiger charge is -2.34. The van der Waals surface area contributed by atoms with Crippen LogP contribution in [0.3, 0.4) is 0 Å². The number of anilines is 1. The molecule has 7 nitrogen and oxygen atoms in total. The first-order valence-corrected chi connectivity index (χ1v) is 12.1. The van der Waals surface area contributed by atoms with E-state index in [0.29, 0.717) is 18.2 Å². The summed E-state index contributed by atoms with van der Waals surface area (Å²) >= 11 is 0. The Kier molecular flexibility index (Phi) is 6.33. The van der Waals surface area contributed by atoms with E-state index in [-0.39, 0.29) is 5.91 Å². The van der Waals surface area contributed by atoms with Crippen molar-refractivity contribution in [1.82, 2.24) is 19.6 Å². The van der Waals surface area contributed by atoms with Crippen LogP contribution >= 0.6 is 0 Å². The number of hydrogen-bond acceptors (Lipinski definition) is 5. The van der Waals surface area contributed by atoms with Crippen LogP contribution in [0.25, 0.3) is 5.65 Å². The van der Waals surface area contributed by atoms with Gasteiger partial charge in [0.1, 0.15) is 5.65 Å². The first-order valence-electron chi connectivity index (χ1n) is 12.1. The molecule has 0 bridgehead atoms. The van der Waals surface area contributed by atoms with Crippen LogP contribution in [0.4, 0.5) is 5.69 Å². The summed E-state index contributed by atoms with van der Waals surface area (Å²) in [5.74, 6) is 0.0188. The molecule has 5 rings (SSSR count). The van der Waals surface area contributed by atoms with Crippen molar-refractivity contribution in [2.45, 2.75) is 51.3 Å². The first-order chi connectivity index (χ1) is 16.1. The molecule has 1 aromatic carbocycles. The molecule has 4 heterocycles. The number of nitrogens with zero attached hydrogens (tertiary/aromatic N) is 4. The number of aromatic nitrogens is 2. The fourth-order valence-corrected chi connectivity index (χ4v) is 5.02. The summed E-state index contributed by atoms with van der Waals surface area (Å²) < 4.78 is 2.09. The Morgan fingerprint density at radius 1 is 1.12 bits per heavy atom. The van der Waals surface area contributed by atoms with Gasteiger partial charge in [-0.3, -0.25) is 4.79 Å². The van der Waals surface area contributed by atoms with Crippen LogP contribution in [0.15, 0.2) is 48.8 Å². The number of piperidine rings is 2. The molecule has 3 aromatic rings. The molecule has 0 radical (unpaired) electrons. The summed E-state index contributed by atoms with van der Waals surface area (Å²) in [5, 5.41) is 13.5. The van der Waals surface area contributed by atoms with Crippen LogP contribution in [0, 0.1) is 6.92 Å². The number of β-amino-alcohol motifs (C(OH)–C–C–N with tert-alkyl or cyclic N) is 1. The normalized spacial score (nSPS) is 19.9. The third kappa shape index (κ3) is 4.89. The summed E-state index contributed by atoms with van der Waals surface area (Å²) in [6.45, 7) is 6.03. The fraction of sp³-hybridized carbons (Fsp3) is 0.462. The zero-order chi connectivity index (χ0) is 22.8. The number of likely N-dealkylation sites (tertiary alicyclic amines) is 1. The summed E-state index contributed by atoms with van der Waals surface area (Å²) in [6.07, 6.45) is 7.58. The van der Waals surface area contributed by atoms with Crippen LogP contribution < -0.4 is 10.2 Å². The highest BCUT2D eigenvalue weighted by atomic mass is 16.3. The fourth-order valence-electron chi connectivity index (χ4n) is 5.02. The van der Waals surface area contributed by atoms with Gasteiger partial charge in [-0.2, -0.15) is 0 Å². The van der Waals surface area contributed by atoms with E-state index in [9.17, 15) is 9.90 Å². The second-order valence-electron chi connectivity index (χ2n) is 9.39. The van der Waals surface area contributed by atoms with Crippen LogP contribution in [0.2, 0.25) is 0 Å². The first kappa shape index (κ1) is 21.9. The number of pyridine rings is 1. The van der Waals surface area contributed by atoms with Gasteiger partial charge in [0.25, 0.3) is 5.91 Å². The van der Waals surface area contributed by atoms with E-state index in [1.165, 1.54) is 11.3 Å². The van der Waals surface area contributed by atoms with Gasteiger partial charge in [-0.25, -0.2) is 4.98 Å². The number of amides is 1. The van der Waals surface area contributed by atoms with Crippen LogP contribution in [0.5, 0.6) is 0 Å². The van der Waals surface area contributed by atoms with Gasteiger partial charge in [0.05, 0.1) is 11.8 Å². The van der Waals surface area contributed by atoms with Crippen molar-refractivity contribution in [2.24, 2.45) is 0 Å². The molecule has 2 fully saturated rings. The summed E-state index contributed by atoms with van der Waals surface area (Å²) in [6, 6.07) is 12.6. The highest BCUT2D eigenvalue weighted by Crippen LogP contribution is 2.22. The van der Waals surface area contributed by atoms with E-state index in [1.54, 1.807) is 4.90 Å². The van der Waals surface area contributed by atoms with Crippen molar-refractivity contribution >= 4 is 17.2 Å². The number of fused-ring (bicyclic) bond motifs is 1. The number of benzene rings is 1. The zero-order valence-electron chi connectivity index (χ0n) is 19.3. The van der Waals surface area contributed by atoms with Gasteiger partial charge in [0.2, 0.25) is 0 Å². The molecule has 1 atom stereocenters. The summed E-state index contributed by atoms with van der Waals surface area (Å²) in [7, 11) is 0. The van der Waals surface area contributed by atoms with Gasteiger partial charge in [-0.1, -0.05) is 6.07 Å². The third-order valence-electron chi connectivity index (χ3n) is 6.96. The van der Waals surface area contributed by atoms with Crippen LogP contribution in [-0.2, 0) is 6.54 Å². The Hall–Kier alpha value is -2.90. The average Bonchev–Trinajstić information content (AvgIpc) is 3.27. The lowest BCUT2D eigenvalue weighted by Crippen LogP contribution is -2.42. The molecule has 0 saturated carbocycles. The van der Waals surface area contributed by atoms with Gasteiger partial charge in [-0.05, 0) is 68.5 Å². The predicted octanol–water partition coefficient (Wildman–Crippen LogP) is 3.00. The Labute approximate surface area is 195 Å². The largest absolute Gasteiger partial charge is 0.391 e. The van der Waals surface area contributed by atoms with Gasteiger partial charge in [-0.15, -0.1) is 0 Å². The van der Waals surface area contributed by atoms with Crippen molar-refractivity contribution in [2.75, 3.05) is 31.1 Å². The second-order valence-corrected chi connectivity index (χ2v) is 9.39. The second kappa shape index (κ2) is 9.53. The number of imidazole rings is 1. The lowest BCUT2D eigenvalue weighted by atomic mass is 10.0. The molecule has 0 unspecified atom stereocenters. The van der Waals surface area contributed by atoms with Crippen molar-refractivity contribution in [3.05, 3.63) is 65.6 Å². The molecule has 0 aliphatic carbocycles. The number of aryl methyl sites for hydroxylation is 1. The Morgan fingerprint density at radius 2 is 1.91 bits per heavy atom. The average molecular weight is 448 g/mol. The van der Waals surface area contributed by atoms with Crippen molar-refractivity contribution in [1.29, 1.82) is 0 Å². The minimum Gasteiger partial charge on any atom is -0.391 e. The molecule has 2 aromatic heterocycles. The molecule has 7 heteroatoms. The number of aliphatic hydroxyl groups is 1. The monoisotopic (exact) mass is 447 g/mol. The van der Waals surface area contributed by atoms with Crippen molar-refractivity contribution in [3.63, 3.8) is 0 Å². The molecule has 2 N–H and O–H groups in total. The highest BCUT2D eigenvalue weighted by molar-refractivity contribution is 5.94. The molecule has 174 valence electrons. The quantitative estimate of drug-likeness (QED) is 0.629. The molecular weight excluding hydrogens is 414 g/mol. The highest BCUT2D eigenvalue weighted by Gasteiger charge is 2.24. The van der Waals surface area contributed by atoms with Gasteiger partial charge >= 0.3 is 0 Å². The van der Waals surface area contributed by atoms with Gasteiger partial charge < -0.3 is 24.6 Å². The van der Waals surface area contributed by atoms with E-state index in [2.05, 4.69) is 52.0 Å². The van der Waals surface area contributed by atoms with Gasteiger partial charge in [0.15, 0.2) is 0 Å². The number of carbonyl (C=O) groups is 1. The molecule has 2 aliphatic rings. The Morgan fingerprint density at radius 3 is 2.64 bits per heavy atom. The molecule has 2 aliphatic heterocycles. The SMILES string of the molecule is Cc1cccn2cc(CNC3CCN(c4ccc(C(=O)N5CCC[C@H](O)C5)cc4)CC3)nc12. The summed E-state index contributed by atoms with van der Waals surface area (Å²) in [4.78, 5) is 21.7. The zero-order valence-corrected chi connectivity index (χ0v) is 19.3. The smallest absolute Gasteiger partial charge is 0.253 e. The predicted molar refractivity (Wildman–Crippen MR) is 130 cm³/mol. The minimum atomic E-state index is -0.395. The maximum atomic E-state index is 12.7. The molecule has 1 amide bonds. The topological polar surface area (TPSA) is 73.1 Å². The lowest BCUT2D eigenvalue weighted by molar-refractivity contribution is 0.0474. The van der Waals surface area contributed by atoms with Crippen molar-refractivity contribution < 1.29 is 9.90 Å². The minimum absolute atomic E-state index is 0.0188. The Bertz CT molecular complexity index is 1100. The number of carbonyl (C=O) groups excluding carboxylic acids is 1. The van der Waals surface area contributed by atoms with Crippen LogP contribution in [0.1, 0.15) is 47.3 Å². The standard InChI is InChI=1S/C26H33N5O2/c1-19-4-2-12-30-17-22(28-25(19)30)16-27-21-10-14-29(15-11-21)23-8-6-20(7-9-23)26(33)31-13-3-5-24(32)18-31/h2,4,6-9,12,17,21,24,27,32H,3,5,10-11,13-16,18H2,1H3/t24-/m0/s1. The molecular formula is C26H33N5O2. The van der Waals surface area contributed by atoms with Crippen LogP contribution in [-0.4, -0.2) is 63.6 Å². The van der Waals surface area contributed by atoms with E-state index in [0.717, 1.165) is 63.2 Å². The van der Waals surface area contributed by atoms with E-state index >= 15 is 0 Å².